The van der Waals surface area contributed by atoms with Gasteiger partial charge in [0.15, 0.2) is 0 Å². The van der Waals surface area contributed by atoms with Gasteiger partial charge in [0.05, 0.1) is 5.52 Å². The average Bonchev–Trinajstić information content (AvgIpc) is 3.10. The van der Waals surface area contributed by atoms with Gasteiger partial charge in [-0.15, -0.1) is 5.52 Å². The number of rotatable bonds is 1. The summed E-state index contributed by atoms with van der Waals surface area (Å²) in [7, 11) is 0. The third-order valence-corrected chi connectivity index (χ3v) is 4.43. The predicted molar refractivity (Wildman–Crippen MR) is 95.5 cm³/mol. The van der Waals surface area contributed by atoms with Crippen molar-refractivity contribution < 1.29 is 19.5 Å². The van der Waals surface area contributed by atoms with E-state index in [1.807, 2.05) is 24.5 Å². The van der Waals surface area contributed by atoms with Crippen LogP contribution in [0.15, 0.2) is 79.1 Å². The normalized spacial score (nSPS) is 11.0. The van der Waals surface area contributed by atoms with Crippen LogP contribution in [0.25, 0.3) is 43.7 Å². The largest absolute Gasteiger partial charge is 0.663 e. The van der Waals surface area contributed by atoms with Crippen molar-refractivity contribution in [3.8, 4) is 11.1 Å². The molecule has 5 aromatic rings. The minimum Gasteiger partial charge on any atom is -0.663 e. The first kappa shape index (κ1) is 15.0. The fourth-order valence-corrected chi connectivity index (χ4v) is 3.36. The molecule has 0 aliphatic heterocycles. The molecule has 0 aliphatic carbocycles. The molecule has 0 fully saturated rings. The quantitative estimate of drug-likeness (QED) is 0.305. The molecule has 0 amide bonds. The smallest absolute Gasteiger partial charge is 0.0786 e. The summed E-state index contributed by atoms with van der Waals surface area (Å²) in [5.74, 6) is 0. The van der Waals surface area contributed by atoms with Gasteiger partial charge in [-0.1, -0.05) is 66.7 Å². The fourth-order valence-electron chi connectivity index (χ4n) is 3.36. The SMILES string of the molecule is [Zn].c1cc(-c2cccc3c2ncc2ccccc23)c2[n-]ccc2c1. The summed E-state index contributed by atoms with van der Waals surface area (Å²) >= 11 is 0. The second kappa shape index (κ2) is 5.85. The van der Waals surface area contributed by atoms with Gasteiger partial charge >= 0.3 is 0 Å². The average molecular weight is 359 g/mol. The number of benzene rings is 3. The number of aromatic nitrogens is 2. The summed E-state index contributed by atoms with van der Waals surface area (Å²) in [6.07, 6.45) is 3.82. The van der Waals surface area contributed by atoms with Crippen LogP contribution in [-0.4, -0.2) is 4.98 Å². The number of pyridine rings is 1. The van der Waals surface area contributed by atoms with E-state index in [9.17, 15) is 0 Å². The third-order valence-electron chi connectivity index (χ3n) is 4.43. The van der Waals surface area contributed by atoms with Crippen molar-refractivity contribution in [2.24, 2.45) is 0 Å². The molecular formula is C21H13N2Zn-. The van der Waals surface area contributed by atoms with Crippen molar-refractivity contribution in [2.45, 2.75) is 0 Å². The van der Waals surface area contributed by atoms with Crippen molar-refractivity contribution in [1.29, 1.82) is 0 Å². The summed E-state index contributed by atoms with van der Waals surface area (Å²) in [6, 6.07) is 23.1. The van der Waals surface area contributed by atoms with Crippen LogP contribution >= 0.6 is 0 Å². The zero-order valence-electron chi connectivity index (χ0n) is 13.1. The van der Waals surface area contributed by atoms with Gasteiger partial charge in [-0.2, -0.15) is 6.20 Å². The van der Waals surface area contributed by atoms with E-state index in [2.05, 4.69) is 59.6 Å². The van der Waals surface area contributed by atoms with E-state index in [-0.39, 0.29) is 19.5 Å². The topological polar surface area (TPSA) is 27.0 Å². The molecule has 5 rings (SSSR count). The molecule has 2 aromatic heterocycles. The third kappa shape index (κ3) is 2.16. The van der Waals surface area contributed by atoms with Crippen molar-refractivity contribution in [1.82, 2.24) is 9.97 Å². The van der Waals surface area contributed by atoms with E-state index < -0.39 is 0 Å². The summed E-state index contributed by atoms with van der Waals surface area (Å²) in [4.78, 5) is 9.29. The molecule has 24 heavy (non-hydrogen) atoms. The first-order valence-electron chi connectivity index (χ1n) is 7.69. The van der Waals surface area contributed by atoms with E-state index >= 15 is 0 Å². The van der Waals surface area contributed by atoms with Crippen molar-refractivity contribution in [2.75, 3.05) is 0 Å². The maximum absolute atomic E-state index is 4.75. The Morgan fingerprint density at radius 2 is 1.42 bits per heavy atom. The first-order chi connectivity index (χ1) is 11.4. The Kier molecular flexibility index (Phi) is 3.67. The van der Waals surface area contributed by atoms with Crippen molar-refractivity contribution in [3.63, 3.8) is 0 Å². The monoisotopic (exact) mass is 357 g/mol. The molecule has 0 aliphatic rings. The molecule has 0 atom stereocenters. The van der Waals surface area contributed by atoms with E-state index in [4.69, 9.17) is 4.98 Å². The Hall–Kier alpha value is -2.51. The fraction of sp³-hybridized carbons (Fsp3) is 0. The number of nitrogens with zero attached hydrogens (tertiary/aromatic N) is 2. The zero-order valence-corrected chi connectivity index (χ0v) is 16.1. The summed E-state index contributed by atoms with van der Waals surface area (Å²) in [5, 5.41) is 4.76. The molecule has 110 valence electrons. The van der Waals surface area contributed by atoms with Crippen LogP contribution in [0.5, 0.6) is 0 Å². The number of fused-ring (bicyclic) bond motifs is 4. The van der Waals surface area contributed by atoms with Gasteiger partial charge in [0, 0.05) is 42.0 Å². The molecule has 2 heterocycles. The second-order valence-electron chi connectivity index (χ2n) is 5.74. The van der Waals surface area contributed by atoms with Crippen LogP contribution in [0.1, 0.15) is 0 Å². The standard InChI is InChI=1S/C21H13N2.Zn/c1-2-7-16-15(5-1)13-23-21-17(16)9-4-10-19(21)18-8-3-6-14-11-12-22-20(14)18;/h1-13H;/q-1;. The van der Waals surface area contributed by atoms with Gasteiger partial charge in [-0.3, -0.25) is 4.98 Å². The molecule has 0 saturated carbocycles. The van der Waals surface area contributed by atoms with E-state index in [0.29, 0.717) is 0 Å². The molecule has 0 spiro atoms. The second-order valence-corrected chi connectivity index (χ2v) is 5.74. The minimum absolute atomic E-state index is 0. The molecule has 0 unspecified atom stereocenters. The predicted octanol–water partition coefficient (Wildman–Crippen LogP) is 5.16. The molecule has 0 bridgehead atoms. The summed E-state index contributed by atoms with van der Waals surface area (Å²) in [5.41, 5.74) is 4.34. The number of para-hydroxylation sites is 2. The van der Waals surface area contributed by atoms with Gasteiger partial charge in [0.25, 0.3) is 0 Å². The Morgan fingerprint density at radius 3 is 2.38 bits per heavy atom. The molecule has 3 heteroatoms. The molecular weight excluding hydrogens is 346 g/mol. The minimum atomic E-state index is 0. The van der Waals surface area contributed by atoms with Crippen LogP contribution in [0.2, 0.25) is 0 Å². The molecule has 0 radical (unpaired) electrons. The zero-order chi connectivity index (χ0) is 15.2. The molecule has 0 saturated heterocycles. The molecule has 3 aromatic carbocycles. The Labute approximate surface area is 152 Å². The van der Waals surface area contributed by atoms with Crippen LogP contribution in [-0.2, 0) is 19.5 Å². The Morgan fingerprint density at radius 1 is 0.667 bits per heavy atom. The summed E-state index contributed by atoms with van der Waals surface area (Å²) < 4.78 is 0. The van der Waals surface area contributed by atoms with E-state index in [0.717, 1.165) is 22.2 Å². The van der Waals surface area contributed by atoms with Crippen LogP contribution < -0.4 is 4.98 Å². The number of hydrogen-bond acceptors (Lipinski definition) is 1. The van der Waals surface area contributed by atoms with Crippen LogP contribution in [0, 0.1) is 0 Å². The van der Waals surface area contributed by atoms with E-state index in [1.54, 1.807) is 0 Å². The van der Waals surface area contributed by atoms with Crippen LogP contribution in [0.4, 0.5) is 0 Å². The number of hydrogen-bond donors (Lipinski definition) is 0. The van der Waals surface area contributed by atoms with Crippen molar-refractivity contribution >= 4 is 32.6 Å². The Bertz CT molecular complexity index is 1170. The van der Waals surface area contributed by atoms with Crippen molar-refractivity contribution in [3.05, 3.63) is 79.1 Å². The van der Waals surface area contributed by atoms with Crippen LogP contribution in [0.3, 0.4) is 0 Å². The maximum Gasteiger partial charge on any atom is 0.0786 e. The van der Waals surface area contributed by atoms with Gasteiger partial charge in [-0.05, 0) is 16.3 Å². The Balaban J connectivity index is 0.00000146. The summed E-state index contributed by atoms with van der Waals surface area (Å²) in [6.45, 7) is 0. The first-order valence-corrected chi connectivity index (χ1v) is 7.69. The molecule has 0 N–H and O–H groups in total. The van der Waals surface area contributed by atoms with Gasteiger partial charge in [0.1, 0.15) is 0 Å². The van der Waals surface area contributed by atoms with Gasteiger partial charge in [-0.25, -0.2) is 0 Å². The van der Waals surface area contributed by atoms with E-state index in [1.165, 1.54) is 21.5 Å². The molecule has 2 nitrogen and oxygen atoms in total. The van der Waals surface area contributed by atoms with Gasteiger partial charge in [0.2, 0.25) is 0 Å². The maximum atomic E-state index is 4.75. The van der Waals surface area contributed by atoms with Gasteiger partial charge < -0.3 is 4.98 Å².